The molecule has 0 atom stereocenters. The number of alkyl halides is 3. The summed E-state index contributed by atoms with van der Waals surface area (Å²) in [5, 5.41) is 11.7. The largest absolute Gasteiger partial charge is 0.450 e. The molecule has 0 spiro atoms. The van der Waals surface area contributed by atoms with Crippen molar-refractivity contribution in [1.29, 1.82) is 0 Å². The van der Waals surface area contributed by atoms with Crippen molar-refractivity contribution < 1.29 is 22.9 Å². The van der Waals surface area contributed by atoms with Crippen molar-refractivity contribution in [3.05, 3.63) is 99.9 Å². The summed E-state index contributed by atoms with van der Waals surface area (Å²) < 4.78 is 43.0. The molecule has 2 heterocycles. The predicted molar refractivity (Wildman–Crippen MR) is 112 cm³/mol. The van der Waals surface area contributed by atoms with Crippen LogP contribution >= 0.6 is 0 Å². The van der Waals surface area contributed by atoms with E-state index in [0.717, 1.165) is 4.40 Å². The number of carbonyl (C=O) groups excluding carboxylic acids is 1. The van der Waals surface area contributed by atoms with E-state index in [1.807, 2.05) is 0 Å². The number of carbonyl (C=O) groups is 1. The first-order chi connectivity index (χ1) is 15.3. The van der Waals surface area contributed by atoms with Crippen LogP contribution in [-0.4, -0.2) is 20.1 Å². The smallest absolute Gasteiger partial charge is 0.289 e. The first-order valence-corrected chi connectivity index (χ1v) is 9.45. The fourth-order valence-corrected chi connectivity index (χ4v) is 3.95. The molecule has 0 radical (unpaired) electrons. The van der Waals surface area contributed by atoms with Crippen LogP contribution in [0.2, 0.25) is 0 Å². The second-order valence-electron chi connectivity index (χ2n) is 7.16. The molecular formula is C23H12F3N3O3. The zero-order valence-corrected chi connectivity index (χ0v) is 16.1. The van der Waals surface area contributed by atoms with Crippen molar-refractivity contribution in [2.24, 2.45) is 0 Å². The fraction of sp³-hybridized carbons (Fsp3) is 0.0435. The molecule has 0 saturated heterocycles. The number of non-ortho nitro benzene ring substituents is 1. The molecule has 0 aliphatic carbocycles. The highest BCUT2D eigenvalue weighted by Gasteiger charge is 2.38. The van der Waals surface area contributed by atoms with Crippen LogP contribution < -0.4 is 0 Å². The average molecular weight is 435 g/mol. The number of nitrogens with zero attached hydrogens (tertiary/aromatic N) is 3. The summed E-state index contributed by atoms with van der Waals surface area (Å²) in [7, 11) is 0. The first kappa shape index (κ1) is 19.7. The van der Waals surface area contributed by atoms with E-state index in [2.05, 4.69) is 4.98 Å². The van der Waals surface area contributed by atoms with E-state index in [0.29, 0.717) is 10.8 Å². The third kappa shape index (κ3) is 2.89. The van der Waals surface area contributed by atoms with Gasteiger partial charge in [0, 0.05) is 28.5 Å². The number of nitro groups is 1. The molecule has 0 aliphatic rings. The molecule has 0 amide bonds. The SMILES string of the molecule is O=C(c1ccc([N+](=O)[O-])cc1)c1c2ccccc2n2c(C(F)(F)F)nc3ccccc3c12. The van der Waals surface area contributed by atoms with Crippen LogP contribution in [0.5, 0.6) is 0 Å². The van der Waals surface area contributed by atoms with Crippen molar-refractivity contribution in [3.63, 3.8) is 0 Å². The van der Waals surface area contributed by atoms with E-state index in [4.69, 9.17) is 0 Å². The third-order valence-electron chi connectivity index (χ3n) is 5.29. The zero-order chi connectivity index (χ0) is 22.6. The number of ketones is 1. The van der Waals surface area contributed by atoms with Crippen LogP contribution in [-0.2, 0) is 6.18 Å². The molecule has 0 unspecified atom stereocenters. The van der Waals surface area contributed by atoms with Gasteiger partial charge in [-0.2, -0.15) is 13.2 Å². The van der Waals surface area contributed by atoms with Gasteiger partial charge in [-0.15, -0.1) is 0 Å². The number of nitro benzene ring substituents is 1. The molecule has 32 heavy (non-hydrogen) atoms. The molecule has 5 rings (SSSR count). The molecule has 6 nitrogen and oxygen atoms in total. The van der Waals surface area contributed by atoms with Gasteiger partial charge < -0.3 is 0 Å². The van der Waals surface area contributed by atoms with Crippen molar-refractivity contribution in [2.45, 2.75) is 6.18 Å². The minimum absolute atomic E-state index is 0.0820. The third-order valence-corrected chi connectivity index (χ3v) is 5.29. The lowest BCUT2D eigenvalue weighted by molar-refractivity contribution is -0.384. The average Bonchev–Trinajstić information content (AvgIpc) is 3.13. The zero-order valence-electron chi connectivity index (χ0n) is 16.1. The Balaban J connectivity index is 1.93. The van der Waals surface area contributed by atoms with Gasteiger partial charge in [-0.1, -0.05) is 36.4 Å². The first-order valence-electron chi connectivity index (χ1n) is 9.45. The Kier molecular flexibility index (Phi) is 4.23. The lowest BCUT2D eigenvalue weighted by atomic mass is 9.99. The van der Waals surface area contributed by atoms with Gasteiger partial charge in [-0.25, -0.2) is 4.98 Å². The van der Waals surface area contributed by atoms with E-state index in [9.17, 15) is 28.1 Å². The number of hydrogen-bond donors (Lipinski definition) is 0. The standard InChI is InChI=1S/C23H12F3N3O3/c24-23(25,26)22-27-17-7-3-1-5-15(17)20-19(16-6-2-4-8-18(16)28(20)22)21(30)13-9-11-14(12-10-13)29(31)32/h1-12H. The second kappa shape index (κ2) is 6.88. The maximum absolute atomic E-state index is 14.0. The Morgan fingerprint density at radius 1 is 0.906 bits per heavy atom. The van der Waals surface area contributed by atoms with Crippen molar-refractivity contribution in [1.82, 2.24) is 9.38 Å². The minimum Gasteiger partial charge on any atom is -0.289 e. The Labute approximate surface area is 177 Å². The van der Waals surface area contributed by atoms with E-state index in [1.165, 1.54) is 36.4 Å². The number of para-hydroxylation sites is 2. The van der Waals surface area contributed by atoms with Gasteiger partial charge in [0.05, 0.1) is 27.0 Å². The molecule has 2 aromatic heterocycles. The van der Waals surface area contributed by atoms with Crippen LogP contribution in [0.1, 0.15) is 21.7 Å². The minimum atomic E-state index is -4.77. The Bertz CT molecular complexity index is 1550. The quantitative estimate of drug-likeness (QED) is 0.204. The molecule has 3 aromatic carbocycles. The highest BCUT2D eigenvalue weighted by atomic mass is 19.4. The van der Waals surface area contributed by atoms with Gasteiger partial charge >= 0.3 is 6.18 Å². The highest BCUT2D eigenvalue weighted by molar-refractivity contribution is 6.25. The Morgan fingerprint density at radius 3 is 2.19 bits per heavy atom. The van der Waals surface area contributed by atoms with Crippen LogP contribution in [0, 0.1) is 10.1 Å². The summed E-state index contributed by atoms with van der Waals surface area (Å²) in [5.41, 5.74) is 0.405. The molecule has 5 aromatic rings. The number of rotatable bonds is 3. The van der Waals surface area contributed by atoms with Gasteiger partial charge in [0.2, 0.25) is 5.82 Å². The van der Waals surface area contributed by atoms with E-state index >= 15 is 0 Å². The van der Waals surface area contributed by atoms with Gasteiger partial charge in [0.15, 0.2) is 5.78 Å². The van der Waals surface area contributed by atoms with Gasteiger partial charge in [-0.05, 0) is 24.3 Å². The van der Waals surface area contributed by atoms with Crippen LogP contribution in [0.25, 0.3) is 27.3 Å². The monoisotopic (exact) mass is 435 g/mol. The normalized spacial score (nSPS) is 12.0. The van der Waals surface area contributed by atoms with E-state index in [-0.39, 0.29) is 33.4 Å². The van der Waals surface area contributed by atoms with Gasteiger partial charge in [0.25, 0.3) is 5.69 Å². The number of halogens is 3. The van der Waals surface area contributed by atoms with Crippen LogP contribution in [0.3, 0.4) is 0 Å². The molecule has 0 bridgehead atoms. The molecule has 0 fully saturated rings. The summed E-state index contributed by atoms with van der Waals surface area (Å²) in [6, 6.07) is 17.6. The van der Waals surface area contributed by atoms with Gasteiger partial charge in [0.1, 0.15) is 0 Å². The van der Waals surface area contributed by atoms with Crippen LogP contribution in [0.4, 0.5) is 18.9 Å². The maximum atomic E-state index is 14.0. The Morgan fingerprint density at radius 2 is 1.53 bits per heavy atom. The van der Waals surface area contributed by atoms with Crippen molar-refractivity contribution >= 4 is 38.8 Å². The van der Waals surface area contributed by atoms with E-state index < -0.39 is 22.7 Å². The summed E-state index contributed by atoms with van der Waals surface area (Å²) in [5.74, 6) is -1.67. The lowest BCUT2D eigenvalue weighted by Crippen LogP contribution is -2.15. The lowest BCUT2D eigenvalue weighted by Gasteiger charge is -2.13. The molecule has 158 valence electrons. The predicted octanol–water partition coefficient (Wildman–Crippen LogP) is 5.80. The van der Waals surface area contributed by atoms with E-state index in [1.54, 1.807) is 36.4 Å². The molecule has 9 heteroatoms. The summed E-state index contributed by atoms with van der Waals surface area (Å²) in [4.78, 5) is 27.7. The molecular weight excluding hydrogens is 423 g/mol. The molecule has 0 N–H and O–H groups in total. The maximum Gasteiger partial charge on any atom is 0.450 e. The summed E-state index contributed by atoms with van der Waals surface area (Å²) in [6.07, 6.45) is -4.77. The highest BCUT2D eigenvalue weighted by Crippen LogP contribution is 2.38. The number of hydrogen-bond acceptors (Lipinski definition) is 4. The van der Waals surface area contributed by atoms with Gasteiger partial charge in [-0.3, -0.25) is 19.3 Å². The fourth-order valence-electron chi connectivity index (χ4n) is 3.95. The van der Waals surface area contributed by atoms with Crippen LogP contribution in [0.15, 0.2) is 72.8 Å². The number of benzene rings is 3. The Hall–Kier alpha value is -4.27. The second-order valence-corrected chi connectivity index (χ2v) is 7.16. The topological polar surface area (TPSA) is 77.5 Å². The number of fused-ring (bicyclic) bond motifs is 5. The molecule has 0 aliphatic heterocycles. The number of aromatic nitrogens is 2. The summed E-state index contributed by atoms with van der Waals surface area (Å²) in [6.45, 7) is 0. The van der Waals surface area contributed by atoms with Crippen molar-refractivity contribution in [2.75, 3.05) is 0 Å². The molecule has 0 saturated carbocycles. The van der Waals surface area contributed by atoms with Crippen molar-refractivity contribution in [3.8, 4) is 0 Å². The summed E-state index contributed by atoms with van der Waals surface area (Å²) >= 11 is 0.